The van der Waals surface area contributed by atoms with Crippen LogP contribution in [0.3, 0.4) is 0 Å². The van der Waals surface area contributed by atoms with Crippen molar-refractivity contribution in [2.24, 2.45) is 5.14 Å². The maximum absolute atomic E-state index is 10.9. The van der Waals surface area contributed by atoms with Crippen LogP contribution < -0.4 is 5.14 Å². The first-order chi connectivity index (χ1) is 5.39. The molecule has 5 heteroatoms. The third kappa shape index (κ3) is 1.99. The molecule has 0 aromatic rings. The maximum Gasteiger partial charge on any atom is 0.222 e. The van der Waals surface area contributed by atoms with Crippen molar-refractivity contribution in [1.29, 1.82) is 0 Å². The van der Waals surface area contributed by atoms with Crippen LogP contribution in [0.4, 0.5) is 0 Å². The minimum absolute atomic E-state index is 0.0516. The second kappa shape index (κ2) is 2.89. The van der Waals surface area contributed by atoms with Gasteiger partial charge >= 0.3 is 0 Å². The molecule has 60 valence electrons. The Kier molecular flexibility index (Phi) is 1.90. The van der Waals surface area contributed by atoms with Gasteiger partial charge in [0.15, 0.2) is 0 Å². The summed E-state index contributed by atoms with van der Waals surface area (Å²) in [7, 11) is -3.86. The summed E-state index contributed by atoms with van der Waals surface area (Å²) in [5.74, 6) is 2.28. The number of thioether (sulfide) groups is 1. The lowest BCUT2D eigenvalue weighted by Crippen LogP contribution is -2.23. The summed E-state index contributed by atoms with van der Waals surface area (Å²) in [6, 6.07) is 0. The maximum atomic E-state index is 10.9. The third-order valence-electron chi connectivity index (χ3n) is 1.14. The molecule has 0 aromatic carbocycles. The van der Waals surface area contributed by atoms with Gasteiger partial charge in [0.05, 0.1) is 6.28 Å². The smallest absolute Gasteiger partial charge is 0.222 e. The molecule has 0 radical (unpaired) electrons. The molecule has 1 aliphatic heterocycles. The topological polar surface area (TPSA) is 60.2 Å². The fourth-order valence-corrected chi connectivity index (χ4v) is 2.33. The van der Waals surface area contributed by atoms with E-state index in [4.69, 9.17) is 12.9 Å². The van der Waals surface area contributed by atoms with Crippen LogP contribution in [0.25, 0.3) is 0 Å². The molecule has 0 aromatic heterocycles. The average molecular weight is 190 g/mol. The summed E-state index contributed by atoms with van der Waals surface area (Å²) in [5, 5.41) is 4.85. The second-order valence-electron chi connectivity index (χ2n) is 1.94. The summed E-state index contributed by atoms with van der Waals surface area (Å²) in [6.07, 6.45) is 6.62. The number of allylic oxidation sites excluding steroid dienone is 2. The Labute approximate surface area is 71.5 Å². The number of nitrogens with two attached hydrogens (primary N) is 1. The molecule has 1 aliphatic rings. The highest BCUT2D eigenvalue weighted by atomic mass is 32.3. The standard InChI is InChI=1S/C6H7NO2S2/c1-2-5-3-4-6(10-5)11(7,8)9/h1,3,6H,4H2,(H2,7,8,9)/i6D. The minimum atomic E-state index is -3.86. The summed E-state index contributed by atoms with van der Waals surface area (Å²) in [4.78, 5) is 0.457. The Hall–Kier alpha value is -0.440. The first-order valence-corrected chi connectivity index (χ1v) is 5.13. The van der Waals surface area contributed by atoms with Gasteiger partial charge in [-0.25, -0.2) is 13.6 Å². The van der Waals surface area contributed by atoms with E-state index in [0.29, 0.717) is 4.91 Å². The Morgan fingerprint density at radius 1 is 2.00 bits per heavy atom. The fourth-order valence-electron chi connectivity index (χ4n) is 0.645. The van der Waals surface area contributed by atoms with Crippen LogP contribution in [0.15, 0.2) is 11.0 Å². The van der Waals surface area contributed by atoms with Gasteiger partial charge in [0.1, 0.15) is 4.56 Å². The Bertz CT molecular complexity index is 367. The van der Waals surface area contributed by atoms with Gasteiger partial charge in [-0.15, -0.1) is 6.42 Å². The minimum Gasteiger partial charge on any atom is -0.228 e. The highest BCUT2D eigenvalue weighted by Crippen LogP contribution is 2.33. The van der Waals surface area contributed by atoms with Crippen molar-refractivity contribution in [2.75, 3.05) is 0 Å². The first-order valence-electron chi connectivity index (χ1n) is 3.27. The van der Waals surface area contributed by atoms with Gasteiger partial charge in [-0.2, -0.15) is 0 Å². The molecule has 3 nitrogen and oxygen atoms in total. The second-order valence-corrected chi connectivity index (χ2v) is 4.91. The van der Waals surface area contributed by atoms with Crippen molar-refractivity contribution in [3.05, 3.63) is 11.0 Å². The van der Waals surface area contributed by atoms with E-state index in [1.165, 1.54) is 6.08 Å². The van der Waals surface area contributed by atoms with Gasteiger partial charge in [-0.05, 0) is 6.42 Å². The summed E-state index contributed by atoms with van der Waals surface area (Å²) >= 11 is 0.799. The largest absolute Gasteiger partial charge is 0.228 e. The Morgan fingerprint density at radius 3 is 2.91 bits per heavy atom. The fraction of sp³-hybridized carbons (Fsp3) is 0.333. The molecule has 0 saturated heterocycles. The average Bonchev–Trinajstić information content (AvgIpc) is 2.31. The van der Waals surface area contributed by atoms with Gasteiger partial charge in [-0.1, -0.05) is 23.8 Å². The molecule has 0 amide bonds. The van der Waals surface area contributed by atoms with Crippen molar-refractivity contribution in [2.45, 2.75) is 11.0 Å². The highest BCUT2D eigenvalue weighted by Gasteiger charge is 2.26. The summed E-state index contributed by atoms with van der Waals surface area (Å²) in [5.41, 5.74) is 0. The molecule has 1 atom stereocenters. The van der Waals surface area contributed by atoms with Crippen molar-refractivity contribution < 1.29 is 9.79 Å². The van der Waals surface area contributed by atoms with Crippen LogP contribution in [0.1, 0.15) is 7.79 Å². The molecule has 1 rings (SSSR count). The van der Waals surface area contributed by atoms with E-state index in [-0.39, 0.29) is 6.42 Å². The van der Waals surface area contributed by atoms with Gasteiger partial charge < -0.3 is 0 Å². The Morgan fingerprint density at radius 2 is 2.64 bits per heavy atom. The van der Waals surface area contributed by atoms with Crippen LogP contribution in [0.2, 0.25) is 0 Å². The third-order valence-corrected chi connectivity index (χ3v) is 3.78. The predicted molar refractivity (Wildman–Crippen MR) is 46.0 cm³/mol. The van der Waals surface area contributed by atoms with Crippen molar-refractivity contribution in [1.82, 2.24) is 0 Å². The zero-order valence-corrected chi connectivity index (χ0v) is 7.21. The quantitative estimate of drug-likeness (QED) is 0.603. The van der Waals surface area contributed by atoms with E-state index in [2.05, 4.69) is 5.92 Å². The summed E-state index contributed by atoms with van der Waals surface area (Å²) in [6.45, 7) is 0. The molecule has 1 heterocycles. The zero-order chi connectivity index (χ0) is 9.41. The van der Waals surface area contributed by atoms with E-state index >= 15 is 0 Å². The molecule has 0 bridgehead atoms. The number of sulfonamides is 1. The molecular weight excluding hydrogens is 182 g/mol. The van der Waals surface area contributed by atoms with Crippen molar-refractivity contribution >= 4 is 21.8 Å². The highest BCUT2D eigenvalue weighted by molar-refractivity contribution is 8.15. The number of primary sulfonamides is 1. The van der Waals surface area contributed by atoms with Crippen molar-refractivity contribution in [3.8, 4) is 12.3 Å². The molecule has 0 spiro atoms. The number of hydrogen-bond acceptors (Lipinski definition) is 3. The van der Waals surface area contributed by atoms with Crippen LogP contribution >= 0.6 is 11.8 Å². The molecule has 11 heavy (non-hydrogen) atoms. The number of hydrogen-bond donors (Lipinski definition) is 1. The predicted octanol–water partition coefficient (Wildman–Crippen LogP) is 0.255. The molecule has 0 fully saturated rings. The van der Waals surface area contributed by atoms with Crippen molar-refractivity contribution in [3.63, 3.8) is 0 Å². The number of terminal acetylenes is 1. The van der Waals surface area contributed by atoms with Gasteiger partial charge in [0.2, 0.25) is 10.0 Å². The van der Waals surface area contributed by atoms with E-state index in [1.54, 1.807) is 0 Å². The molecule has 1 unspecified atom stereocenters. The lowest BCUT2D eigenvalue weighted by atomic mass is 10.4. The van der Waals surface area contributed by atoms with Crippen LogP contribution in [0.5, 0.6) is 0 Å². The SMILES string of the molecule is [2H]C1(S(N)(=O)=O)CC=C(C#C)S1. The van der Waals surface area contributed by atoms with E-state index in [0.717, 1.165) is 11.8 Å². The molecule has 2 N–H and O–H groups in total. The first kappa shape index (κ1) is 7.22. The van der Waals surface area contributed by atoms with E-state index < -0.39 is 14.6 Å². The van der Waals surface area contributed by atoms with Crippen LogP contribution in [0, 0.1) is 12.3 Å². The zero-order valence-electron chi connectivity index (χ0n) is 6.57. The summed E-state index contributed by atoms with van der Waals surface area (Å²) < 4.78 is 27.5. The van der Waals surface area contributed by atoms with Crippen LogP contribution in [-0.2, 0) is 10.0 Å². The van der Waals surface area contributed by atoms with Crippen LogP contribution in [-0.4, -0.2) is 13.0 Å². The van der Waals surface area contributed by atoms with Gasteiger partial charge in [0.25, 0.3) is 0 Å². The lowest BCUT2D eigenvalue weighted by Gasteiger charge is -2.03. The monoisotopic (exact) mass is 190 g/mol. The molecule has 0 saturated carbocycles. The normalized spacial score (nSPS) is 32.4. The van der Waals surface area contributed by atoms with E-state index in [9.17, 15) is 8.42 Å². The van der Waals surface area contributed by atoms with Gasteiger partial charge in [0, 0.05) is 0 Å². The number of rotatable bonds is 1. The van der Waals surface area contributed by atoms with Gasteiger partial charge in [-0.3, -0.25) is 0 Å². The Balaban J connectivity index is 2.94. The van der Waals surface area contributed by atoms with E-state index in [1.807, 2.05) is 0 Å². The molecule has 0 aliphatic carbocycles. The molecular formula is C6H7NO2S2. The lowest BCUT2D eigenvalue weighted by molar-refractivity contribution is 0.595.